The molecular weight excluding hydrogens is 410 g/mol. The first-order valence-electron chi connectivity index (χ1n) is 10.3. The van der Waals surface area contributed by atoms with Crippen LogP contribution in [0.25, 0.3) is 16.9 Å². The molecule has 0 unspecified atom stereocenters. The molecule has 4 aromatic rings. The van der Waals surface area contributed by atoms with E-state index in [4.69, 9.17) is 14.1 Å². The average molecular weight is 431 g/mol. The van der Waals surface area contributed by atoms with E-state index in [1.807, 2.05) is 22.7 Å². The second kappa shape index (κ2) is 8.18. The van der Waals surface area contributed by atoms with Gasteiger partial charge in [0.05, 0.1) is 18.2 Å². The number of rotatable bonds is 4. The van der Waals surface area contributed by atoms with Crippen LogP contribution in [-0.4, -0.2) is 57.3 Å². The van der Waals surface area contributed by atoms with E-state index in [0.717, 1.165) is 22.7 Å². The molecule has 3 aromatic heterocycles. The van der Waals surface area contributed by atoms with E-state index in [2.05, 4.69) is 9.88 Å². The minimum absolute atomic E-state index is 0.100. The van der Waals surface area contributed by atoms with Crippen LogP contribution in [0.5, 0.6) is 5.75 Å². The predicted octanol–water partition coefficient (Wildman–Crippen LogP) is 2.88. The molecule has 0 saturated carbocycles. The zero-order valence-electron chi connectivity index (χ0n) is 17.5. The summed E-state index contributed by atoms with van der Waals surface area (Å²) in [6.07, 6.45) is 6.91. The smallest absolute Gasteiger partial charge is 0.308 e. The molecule has 1 fully saturated rings. The van der Waals surface area contributed by atoms with E-state index in [0.29, 0.717) is 37.7 Å². The number of piperazine rings is 1. The molecule has 1 aliphatic heterocycles. The second-order valence-corrected chi connectivity index (χ2v) is 7.47. The van der Waals surface area contributed by atoms with Crippen LogP contribution in [0.2, 0.25) is 0 Å². The van der Waals surface area contributed by atoms with Crippen LogP contribution < -0.4 is 9.64 Å². The van der Waals surface area contributed by atoms with Gasteiger partial charge in [0.15, 0.2) is 17.2 Å². The highest BCUT2D eigenvalue weighted by molar-refractivity contribution is 5.91. The number of furan rings is 1. The minimum atomic E-state index is -0.368. The SMILES string of the molecule is CC(=O)Oc1cccc(-c2cnc(N3CCN(C(=O)c4ccco4)CC3)c3nccn23)c1. The third-order valence-corrected chi connectivity index (χ3v) is 5.40. The number of carbonyl (C=O) groups is 2. The number of ether oxygens (including phenoxy) is 1. The Hall–Kier alpha value is -4.14. The van der Waals surface area contributed by atoms with Crippen molar-refractivity contribution in [2.24, 2.45) is 0 Å². The molecule has 9 heteroatoms. The zero-order valence-corrected chi connectivity index (χ0v) is 17.5. The van der Waals surface area contributed by atoms with Crippen LogP contribution in [0, 0.1) is 0 Å². The molecule has 5 rings (SSSR count). The maximum Gasteiger partial charge on any atom is 0.308 e. The lowest BCUT2D eigenvalue weighted by Crippen LogP contribution is -2.49. The summed E-state index contributed by atoms with van der Waals surface area (Å²) in [5, 5.41) is 0. The molecule has 9 nitrogen and oxygen atoms in total. The topological polar surface area (TPSA) is 93.2 Å². The van der Waals surface area contributed by atoms with Crippen LogP contribution in [0.15, 0.2) is 65.7 Å². The predicted molar refractivity (Wildman–Crippen MR) is 117 cm³/mol. The Labute approximate surface area is 183 Å². The third kappa shape index (κ3) is 3.68. The van der Waals surface area contributed by atoms with Crippen molar-refractivity contribution in [1.29, 1.82) is 0 Å². The maximum absolute atomic E-state index is 12.5. The first-order valence-corrected chi connectivity index (χ1v) is 10.3. The normalized spacial score (nSPS) is 14.0. The highest BCUT2D eigenvalue weighted by Gasteiger charge is 2.26. The standard InChI is InChI=1S/C23H21N5O4/c1-16(29)32-18-5-2-4-17(14-18)19-15-25-21(22-24-7-8-28(19)22)26-9-11-27(12-10-26)23(30)20-6-3-13-31-20/h2-8,13-15H,9-12H2,1H3. The highest BCUT2D eigenvalue weighted by atomic mass is 16.5. The summed E-state index contributed by atoms with van der Waals surface area (Å²) < 4.78 is 12.4. The number of hydrogen-bond donors (Lipinski definition) is 0. The molecule has 32 heavy (non-hydrogen) atoms. The Balaban J connectivity index is 1.39. The number of nitrogens with zero attached hydrogens (tertiary/aromatic N) is 5. The van der Waals surface area contributed by atoms with E-state index in [9.17, 15) is 9.59 Å². The summed E-state index contributed by atoms with van der Waals surface area (Å²) in [6, 6.07) is 10.7. The highest BCUT2D eigenvalue weighted by Crippen LogP contribution is 2.28. The lowest BCUT2D eigenvalue weighted by Gasteiger charge is -2.35. The summed E-state index contributed by atoms with van der Waals surface area (Å²) >= 11 is 0. The molecular formula is C23H21N5O4. The van der Waals surface area contributed by atoms with Crippen molar-refractivity contribution >= 4 is 23.3 Å². The monoisotopic (exact) mass is 431 g/mol. The number of aromatic nitrogens is 3. The maximum atomic E-state index is 12.5. The Kier molecular flexibility index (Phi) is 5.06. The van der Waals surface area contributed by atoms with Gasteiger partial charge in [-0.15, -0.1) is 0 Å². The molecule has 0 bridgehead atoms. The van der Waals surface area contributed by atoms with Crippen molar-refractivity contribution in [2.45, 2.75) is 6.92 Å². The van der Waals surface area contributed by atoms with Crippen LogP contribution >= 0.6 is 0 Å². The summed E-state index contributed by atoms with van der Waals surface area (Å²) in [6.45, 7) is 3.80. The zero-order chi connectivity index (χ0) is 22.1. The average Bonchev–Trinajstić information content (AvgIpc) is 3.50. The summed E-state index contributed by atoms with van der Waals surface area (Å²) in [5.41, 5.74) is 2.42. The fourth-order valence-corrected chi connectivity index (χ4v) is 3.90. The Morgan fingerprint density at radius 3 is 2.66 bits per heavy atom. The summed E-state index contributed by atoms with van der Waals surface area (Å²) in [5.74, 6) is 1.13. The van der Waals surface area contributed by atoms with Gasteiger partial charge in [-0.05, 0) is 24.3 Å². The largest absolute Gasteiger partial charge is 0.459 e. The van der Waals surface area contributed by atoms with Crippen molar-refractivity contribution in [3.05, 3.63) is 67.0 Å². The molecule has 0 N–H and O–H groups in total. The molecule has 0 spiro atoms. The number of fused-ring (bicyclic) bond motifs is 1. The van der Waals surface area contributed by atoms with E-state index >= 15 is 0 Å². The van der Waals surface area contributed by atoms with Crippen molar-refractivity contribution < 1.29 is 18.7 Å². The van der Waals surface area contributed by atoms with Gasteiger partial charge in [0.25, 0.3) is 5.91 Å². The Bertz CT molecular complexity index is 1270. The summed E-state index contributed by atoms with van der Waals surface area (Å²) in [4.78, 5) is 37.0. The van der Waals surface area contributed by atoms with Crippen molar-refractivity contribution in [3.63, 3.8) is 0 Å². The third-order valence-electron chi connectivity index (χ3n) is 5.40. The minimum Gasteiger partial charge on any atom is -0.459 e. The van der Waals surface area contributed by atoms with Crippen molar-refractivity contribution in [3.8, 4) is 17.0 Å². The van der Waals surface area contributed by atoms with E-state index < -0.39 is 0 Å². The number of hydrogen-bond acceptors (Lipinski definition) is 7. The molecule has 0 aliphatic carbocycles. The fraction of sp³-hybridized carbons (Fsp3) is 0.217. The van der Waals surface area contributed by atoms with Gasteiger partial charge in [0.2, 0.25) is 0 Å². The van der Waals surface area contributed by atoms with Gasteiger partial charge in [-0.2, -0.15) is 0 Å². The number of carbonyl (C=O) groups excluding carboxylic acids is 2. The van der Waals surface area contributed by atoms with Gasteiger partial charge in [-0.25, -0.2) is 9.97 Å². The first kappa shape index (κ1) is 19.8. The fourth-order valence-electron chi connectivity index (χ4n) is 3.90. The molecule has 0 atom stereocenters. The first-order chi connectivity index (χ1) is 15.6. The van der Waals surface area contributed by atoms with Gasteiger partial charge in [0.1, 0.15) is 5.75 Å². The lowest BCUT2D eigenvalue weighted by molar-refractivity contribution is -0.131. The van der Waals surface area contributed by atoms with Gasteiger partial charge in [-0.3, -0.25) is 14.0 Å². The molecule has 1 aliphatic rings. The van der Waals surface area contributed by atoms with Crippen LogP contribution in [0.3, 0.4) is 0 Å². The Morgan fingerprint density at radius 2 is 1.91 bits per heavy atom. The van der Waals surface area contributed by atoms with Crippen LogP contribution in [0.4, 0.5) is 5.82 Å². The van der Waals surface area contributed by atoms with Gasteiger partial charge < -0.3 is 19.0 Å². The number of anilines is 1. The Morgan fingerprint density at radius 1 is 1.06 bits per heavy atom. The number of benzene rings is 1. The van der Waals surface area contributed by atoms with Crippen molar-refractivity contribution in [2.75, 3.05) is 31.1 Å². The van der Waals surface area contributed by atoms with Gasteiger partial charge >= 0.3 is 5.97 Å². The van der Waals surface area contributed by atoms with E-state index in [1.54, 1.807) is 41.6 Å². The second-order valence-electron chi connectivity index (χ2n) is 7.47. The quantitative estimate of drug-likeness (QED) is 0.362. The molecule has 4 heterocycles. The van der Waals surface area contributed by atoms with Gasteiger partial charge in [0, 0.05) is 51.1 Å². The molecule has 1 amide bonds. The molecule has 1 aromatic carbocycles. The number of imidazole rings is 1. The molecule has 162 valence electrons. The molecule has 0 radical (unpaired) electrons. The van der Waals surface area contributed by atoms with E-state index in [1.165, 1.54) is 13.2 Å². The lowest BCUT2D eigenvalue weighted by atomic mass is 10.1. The van der Waals surface area contributed by atoms with Gasteiger partial charge in [-0.1, -0.05) is 12.1 Å². The van der Waals surface area contributed by atoms with Crippen molar-refractivity contribution in [1.82, 2.24) is 19.3 Å². The number of esters is 1. The summed E-state index contributed by atoms with van der Waals surface area (Å²) in [7, 11) is 0. The van der Waals surface area contributed by atoms with Crippen LogP contribution in [0.1, 0.15) is 17.5 Å². The van der Waals surface area contributed by atoms with E-state index in [-0.39, 0.29) is 11.9 Å². The number of amides is 1. The van der Waals surface area contributed by atoms with Crippen LogP contribution in [-0.2, 0) is 4.79 Å². The molecule has 1 saturated heterocycles.